The van der Waals surface area contributed by atoms with Crippen molar-refractivity contribution < 1.29 is 19.1 Å². The maximum Gasteiger partial charge on any atom is 0.410 e. The van der Waals surface area contributed by atoms with Crippen molar-refractivity contribution in [2.75, 3.05) is 12.4 Å². The van der Waals surface area contributed by atoms with E-state index in [1.165, 1.54) is 7.11 Å². The number of aryl methyl sites for hydroxylation is 1. The topological polar surface area (TPSA) is 85.7 Å². The summed E-state index contributed by atoms with van der Waals surface area (Å²) in [5.41, 5.74) is 1.58. The lowest BCUT2D eigenvalue weighted by atomic mass is 9.97. The molecular weight excluding hydrogens is 396 g/mol. The number of benzene rings is 1. The van der Waals surface area contributed by atoms with E-state index in [0.717, 1.165) is 36.8 Å². The van der Waals surface area contributed by atoms with Gasteiger partial charge in [0.1, 0.15) is 11.1 Å². The molecule has 31 heavy (non-hydrogen) atoms. The molecule has 3 heterocycles. The summed E-state index contributed by atoms with van der Waals surface area (Å²) >= 11 is 0. The fourth-order valence-electron chi connectivity index (χ4n) is 4.84. The molecule has 2 bridgehead atoms. The number of hydrogen-bond acceptors (Lipinski definition) is 6. The SMILES string of the molecule is CCn1cc2c(NC3C[C@H]4CC[C@@H](C3)N4C(=O)OC(C)(C)C)ccc(C(=O)OC)c2n1. The Morgan fingerprint density at radius 2 is 1.87 bits per heavy atom. The van der Waals surface area contributed by atoms with Gasteiger partial charge in [0.2, 0.25) is 0 Å². The Hall–Kier alpha value is -2.77. The molecule has 1 N–H and O–H groups in total. The average molecular weight is 429 g/mol. The van der Waals surface area contributed by atoms with Crippen LogP contribution in [-0.4, -0.2) is 57.6 Å². The number of fused-ring (bicyclic) bond motifs is 3. The van der Waals surface area contributed by atoms with E-state index in [1.807, 2.05) is 49.5 Å². The molecule has 8 heteroatoms. The van der Waals surface area contributed by atoms with Gasteiger partial charge in [0.05, 0.1) is 12.7 Å². The summed E-state index contributed by atoms with van der Waals surface area (Å²) in [7, 11) is 1.38. The van der Waals surface area contributed by atoms with E-state index in [0.29, 0.717) is 17.6 Å². The lowest BCUT2D eigenvalue weighted by Gasteiger charge is -2.40. The van der Waals surface area contributed by atoms with Crippen LogP contribution in [0.5, 0.6) is 0 Å². The number of carbonyl (C=O) groups is 2. The Morgan fingerprint density at radius 3 is 2.45 bits per heavy atom. The molecule has 0 saturated carbocycles. The van der Waals surface area contributed by atoms with E-state index in [2.05, 4.69) is 10.4 Å². The maximum absolute atomic E-state index is 12.7. The van der Waals surface area contributed by atoms with Crippen LogP contribution < -0.4 is 5.32 Å². The van der Waals surface area contributed by atoms with E-state index in [1.54, 1.807) is 6.07 Å². The standard InChI is InChI=1S/C23H32N4O4/c1-6-26-13-18-19(10-9-17(20(18)25-26)21(28)30-5)24-14-11-15-7-8-16(12-14)27(15)22(29)31-23(2,3)4/h9-10,13-16,24H,6-8,11-12H2,1-5H3/t14?,15-,16+. The van der Waals surface area contributed by atoms with Gasteiger partial charge in [0.15, 0.2) is 0 Å². The van der Waals surface area contributed by atoms with Crippen LogP contribution in [0.2, 0.25) is 0 Å². The number of ether oxygens (including phenoxy) is 2. The fraction of sp³-hybridized carbons (Fsp3) is 0.609. The van der Waals surface area contributed by atoms with Crippen molar-refractivity contribution in [2.24, 2.45) is 0 Å². The van der Waals surface area contributed by atoms with Crippen LogP contribution in [-0.2, 0) is 16.0 Å². The van der Waals surface area contributed by atoms with Crippen molar-refractivity contribution >= 4 is 28.7 Å². The van der Waals surface area contributed by atoms with E-state index < -0.39 is 5.60 Å². The monoisotopic (exact) mass is 428 g/mol. The van der Waals surface area contributed by atoms with Crippen LogP contribution in [0.15, 0.2) is 18.3 Å². The predicted molar refractivity (Wildman–Crippen MR) is 118 cm³/mol. The summed E-state index contributed by atoms with van der Waals surface area (Å²) in [5, 5.41) is 9.15. The van der Waals surface area contributed by atoms with Gasteiger partial charge in [-0.1, -0.05) is 0 Å². The van der Waals surface area contributed by atoms with Gasteiger partial charge < -0.3 is 19.7 Å². The highest BCUT2D eigenvalue weighted by molar-refractivity contribution is 6.06. The van der Waals surface area contributed by atoms with Crippen molar-refractivity contribution in [3.8, 4) is 0 Å². The summed E-state index contributed by atoms with van der Waals surface area (Å²) in [6, 6.07) is 4.32. The van der Waals surface area contributed by atoms with Gasteiger partial charge in [-0.15, -0.1) is 0 Å². The summed E-state index contributed by atoms with van der Waals surface area (Å²) in [6.07, 6.45) is 5.52. The molecule has 3 atom stereocenters. The first-order valence-electron chi connectivity index (χ1n) is 11.1. The molecule has 2 aliphatic heterocycles. The number of methoxy groups -OCH3 is 1. The predicted octanol–water partition coefficient (Wildman–Crippen LogP) is 4.19. The number of hydrogen-bond donors (Lipinski definition) is 1. The molecule has 8 nitrogen and oxygen atoms in total. The number of nitrogens with zero attached hydrogens (tertiary/aromatic N) is 3. The lowest BCUT2D eigenvalue weighted by molar-refractivity contribution is 0.00682. The Kier molecular flexibility index (Phi) is 5.58. The number of aromatic nitrogens is 2. The molecule has 2 fully saturated rings. The van der Waals surface area contributed by atoms with Gasteiger partial charge in [-0.05, 0) is 65.5 Å². The largest absolute Gasteiger partial charge is 0.465 e. The second-order valence-electron chi connectivity index (χ2n) is 9.48. The molecule has 1 aromatic carbocycles. The summed E-state index contributed by atoms with van der Waals surface area (Å²) < 4.78 is 12.4. The Labute approximate surface area is 182 Å². The quantitative estimate of drug-likeness (QED) is 0.735. The van der Waals surface area contributed by atoms with Crippen molar-refractivity contribution in [3.05, 3.63) is 23.9 Å². The van der Waals surface area contributed by atoms with Gasteiger partial charge >= 0.3 is 12.1 Å². The van der Waals surface area contributed by atoms with Crippen LogP contribution in [0.3, 0.4) is 0 Å². The highest BCUT2D eigenvalue weighted by Crippen LogP contribution is 2.38. The molecule has 168 valence electrons. The first-order valence-corrected chi connectivity index (χ1v) is 11.1. The zero-order valence-electron chi connectivity index (χ0n) is 19.0. The summed E-state index contributed by atoms with van der Waals surface area (Å²) in [5.74, 6) is -0.387. The number of rotatable bonds is 4. The zero-order valence-corrected chi connectivity index (χ0v) is 19.0. The summed E-state index contributed by atoms with van der Waals surface area (Å²) in [6.45, 7) is 8.44. The summed E-state index contributed by atoms with van der Waals surface area (Å²) in [4.78, 5) is 26.8. The lowest BCUT2D eigenvalue weighted by Crippen LogP contribution is -2.51. The Bertz CT molecular complexity index is 979. The molecule has 1 unspecified atom stereocenters. The third-order valence-electron chi connectivity index (χ3n) is 6.15. The van der Waals surface area contributed by atoms with Crippen LogP contribution in [0.4, 0.5) is 10.5 Å². The van der Waals surface area contributed by atoms with E-state index in [4.69, 9.17) is 9.47 Å². The molecule has 0 radical (unpaired) electrons. The van der Waals surface area contributed by atoms with Crippen LogP contribution in [0.1, 0.15) is 63.7 Å². The number of piperidine rings is 1. The minimum absolute atomic E-state index is 0.189. The number of anilines is 1. The number of carbonyl (C=O) groups excluding carboxylic acids is 2. The molecule has 0 aliphatic carbocycles. The minimum Gasteiger partial charge on any atom is -0.465 e. The molecular formula is C23H32N4O4. The van der Waals surface area contributed by atoms with Gasteiger partial charge in [0, 0.05) is 41.9 Å². The van der Waals surface area contributed by atoms with E-state index in [9.17, 15) is 9.59 Å². The Balaban J connectivity index is 1.54. The van der Waals surface area contributed by atoms with Crippen molar-refractivity contribution in [1.82, 2.24) is 14.7 Å². The third-order valence-corrected chi connectivity index (χ3v) is 6.15. The van der Waals surface area contributed by atoms with Crippen LogP contribution in [0.25, 0.3) is 10.9 Å². The van der Waals surface area contributed by atoms with E-state index in [-0.39, 0.29) is 30.2 Å². The van der Waals surface area contributed by atoms with Gasteiger partial charge in [0.25, 0.3) is 0 Å². The average Bonchev–Trinajstić information content (AvgIpc) is 3.26. The number of esters is 1. The second kappa shape index (κ2) is 8.05. The smallest absolute Gasteiger partial charge is 0.410 e. The molecule has 1 aromatic heterocycles. The van der Waals surface area contributed by atoms with E-state index >= 15 is 0 Å². The first-order chi connectivity index (χ1) is 14.7. The first kappa shape index (κ1) is 21.5. The highest BCUT2D eigenvalue weighted by Gasteiger charge is 2.44. The fourth-order valence-corrected chi connectivity index (χ4v) is 4.84. The van der Waals surface area contributed by atoms with Gasteiger partial charge in [-0.3, -0.25) is 4.68 Å². The number of amides is 1. The third kappa shape index (κ3) is 4.20. The zero-order chi connectivity index (χ0) is 22.3. The highest BCUT2D eigenvalue weighted by atomic mass is 16.6. The van der Waals surface area contributed by atoms with Crippen LogP contribution >= 0.6 is 0 Å². The van der Waals surface area contributed by atoms with Crippen LogP contribution in [0, 0.1) is 0 Å². The normalized spacial score (nSPS) is 23.1. The number of nitrogens with one attached hydrogen (secondary N) is 1. The Morgan fingerprint density at radius 1 is 1.19 bits per heavy atom. The van der Waals surface area contributed by atoms with Gasteiger partial charge in [-0.2, -0.15) is 5.10 Å². The molecule has 2 saturated heterocycles. The maximum atomic E-state index is 12.7. The molecule has 2 aromatic rings. The molecule has 4 rings (SSSR count). The minimum atomic E-state index is -0.488. The molecule has 0 spiro atoms. The molecule has 2 aliphatic rings. The van der Waals surface area contributed by atoms with Gasteiger partial charge in [-0.25, -0.2) is 9.59 Å². The van der Waals surface area contributed by atoms with Crippen molar-refractivity contribution in [2.45, 2.75) is 83.6 Å². The van der Waals surface area contributed by atoms with Crippen molar-refractivity contribution in [3.63, 3.8) is 0 Å². The molecule has 1 amide bonds. The van der Waals surface area contributed by atoms with Crippen molar-refractivity contribution in [1.29, 1.82) is 0 Å². The second-order valence-corrected chi connectivity index (χ2v) is 9.48.